The van der Waals surface area contributed by atoms with Crippen LogP contribution in [0.1, 0.15) is 17.0 Å². The summed E-state index contributed by atoms with van der Waals surface area (Å²) in [7, 11) is 0. The molecular formula is C20H19ClF3N3. The largest absolute Gasteiger partial charge is 0.416 e. The molecule has 0 unspecified atom stereocenters. The zero-order valence-corrected chi connectivity index (χ0v) is 15.5. The molecule has 0 bridgehead atoms. The van der Waals surface area contributed by atoms with Gasteiger partial charge in [-0.3, -0.25) is 0 Å². The van der Waals surface area contributed by atoms with E-state index in [2.05, 4.69) is 10.3 Å². The van der Waals surface area contributed by atoms with Crippen molar-refractivity contribution in [3.05, 3.63) is 76.8 Å². The van der Waals surface area contributed by atoms with Crippen LogP contribution in [-0.4, -0.2) is 16.1 Å². The second-order valence-electron chi connectivity index (χ2n) is 6.25. The van der Waals surface area contributed by atoms with Crippen LogP contribution in [0.15, 0.2) is 54.7 Å². The summed E-state index contributed by atoms with van der Waals surface area (Å²) in [6.45, 7) is 4.16. The van der Waals surface area contributed by atoms with Crippen LogP contribution >= 0.6 is 11.6 Å². The van der Waals surface area contributed by atoms with E-state index in [4.69, 9.17) is 11.6 Å². The first-order valence-electron chi connectivity index (χ1n) is 8.49. The van der Waals surface area contributed by atoms with E-state index in [0.29, 0.717) is 11.7 Å². The number of rotatable bonds is 6. The summed E-state index contributed by atoms with van der Waals surface area (Å²) >= 11 is 5.86. The third-order valence-corrected chi connectivity index (χ3v) is 4.49. The van der Waals surface area contributed by atoms with Crippen molar-refractivity contribution in [2.45, 2.75) is 26.2 Å². The maximum atomic E-state index is 12.6. The van der Waals surface area contributed by atoms with Gasteiger partial charge in [-0.15, -0.1) is 0 Å². The summed E-state index contributed by atoms with van der Waals surface area (Å²) in [5, 5.41) is 3.85. The molecule has 0 aliphatic carbocycles. The Hall–Kier alpha value is -2.31. The summed E-state index contributed by atoms with van der Waals surface area (Å²) in [4.78, 5) is 4.14. The van der Waals surface area contributed by atoms with Gasteiger partial charge in [0.1, 0.15) is 11.0 Å². The molecule has 1 heterocycles. The summed E-state index contributed by atoms with van der Waals surface area (Å²) in [6, 6.07) is 13.0. The molecule has 2 aromatic carbocycles. The summed E-state index contributed by atoms with van der Waals surface area (Å²) < 4.78 is 39.9. The van der Waals surface area contributed by atoms with Crippen LogP contribution in [0.25, 0.3) is 11.1 Å². The lowest BCUT2D eigenvalue weighted by molar-refractivity contribution is -0.137. The predicted molar refractivity (Wildman–Crippen MR) is 101 cm³/mol. The van der Waals surface area contributed by atoms with Crippen LogP contribution in [0.5, 0.6) is 0 Å². The first-order chi connectivity index (χ1) is 12.8. The molecule has 3 aromatic rings. The van der Waals surface area contributed by atoms with E-state index in [0.717, 1.165) is 47.7 Å². The number of aromatic nitrogens is 2. The number of hydrogen-bond acceptors (Lipinski definition) is 2. The standard InChI is InChI=1S/C20H19ClF3N3/c1-14-26-19(21)13-27(14)11-10-25-12-15-2-4-16(5-3-15)17-6-8-18(9-7-17)20(22,23)24/h2-9,13,25H,10-12H2,1H3. The SMILES string of the molecule is Cc1nc(Cl)cn1CCNCc1ccc(-c2ccc(C(F)(F)F)cc2)cc1. The van der Waals surface area contributed by atoms with Gasteiger partial charge in [0, 0.05) is 25.8 Å². The normalized spacial score (nSPS) is 11.7. The Kier molecular flexibility index (Phi) is 5.87. The molecule has 142 valence electrons. The van der Waals surface area contributed by atoms with Gasteiger partial charge in [0.2, 0.25) is 0 Å². The second-order valence-corrected chi connectivity index (χ2v) is 6.64. The van der Waals surface area contributed by atoms with Gasteiger partial charge in [-0.1, -0.05) is 48.0 Å². The van der Waals surface area contributed by atoms with Gasteiger partial charge in [-0.2, -0.15) is 13.2 Å². The van der Waals surface area contributed by atoms with E-state index in [1.165, 1.54) is 12.1 Å². The summed E-state index contributed by atoms with van der Waals surface area (Å²) in [5.74, 6) is 0.877. The van der Waals surface area contributed by atoms with Crippen molar-refractivity contribution in [3.8, 4) is 11.1 Å². The Morgan fingerprint density at radius 2 is 1.59 bits per heavy atom. The highest BCUT2D eigenvalue weighted by molar-refractivity contribution is 6.29. The van der Waals surface area contributed by atoms with E-state index in [1.807, 2.05) is 35.8 Å². The molecule has 0 radical (unpaired) electrons. The number of imidazole rings is 1. The highest BCUT2D eigenvalue weighted by Gasteiger charge is 2.29. The minimum Gasteiger partial charge on any atom is -0.332 e. The molecule has 0 saturated carbocycles. The van der Waals surface area contributed by atoms with E-state index in [-0.39, 0.29) is 0 Å². The molecule has 3 nitrogen and oxygen atoms in total. The Bertz CT molecular complexity index is 884. The van der Waals surface area contributed by atoms with Gasteiger partial charge in [-0.05, 0) is 35.7 Å². The topological polar surface area (TPSA) is 29.9 Å². The number of aryl methyl sites for hydroxylation is 1. The molecule has 3 rings (SSSR count). The van der Waals surface area contributed by atoms with Gasteiger partial charge in [0.05, 0.1) is 5.56 Å². The summed E-state index contributed by atoms with van der Waals surface area (Å²) in [6.07, 6.45) is -2.51. The molecule has 1 N–H and O–H groups in total. The average molecular weight is 394 g/mol. The van der Waals surface area contributed by atoms with Crippen molar-refractivity contribution >= 4 is 11.6 Å². The number of alkyl halides is 3. The molecular weight excluding hydrogens is 375 g/mol. The minimum absolute atomic E-state index is 0.492. The lowest BCUT2D eigenvalue weighted by Gasteiger charge is -2.09. The highest BCUT2D eigenvalue weighted by Crippen LogP contribution is 2.31. The fourth-order valence-corrected chi connectivity index (χ4v) is 3.04. The first-order valence-corrected chi connectivity index (χ1v) is 8.87. The molecule has 7 heteroatoms. The van der Waals surface area contributed by atoms with Crippen LogP contribution in [0.3, 0.4) is 0 Å². The number of benzene rings is 2. The molecule has 0 saturated heterocycles. The average Bonchev–Trinajstić information content (AvgIpc) is 2.96. The van der Waals surface area contributed by atoms with Crippen LogP contribution in [0.2, 0.25) is 5.15 Å². The van der Waals surface area contributed by atoms with Crippen LogP contribution in [-0.2, 0) is 19.3 Å². The third-order valence-electron chi connectivity index (χ3n) is 4.30. The van der Waals surface area contributed by atoms with Crippen molar-refractivity contribution in [1.29, 1.82) is 0 Å². The minimum atomic E-state index is -4.31. The molecule has 0 amide bonds. The molecule has 0 fully saturated rings. The summed E-state index contributed by atoms with van der Waals surface area (Å²) in [5.41, 5.74) is 2.11. The van der Waals surface area contributed by atoms with Gasteiger partial charge < -0.3 is 9.88 Å². The van der Waals surface area contributed by atoms with Gasteiger partial charge in [0.15, 0.2) is 0 Å². The molecule has 27 heavy (non-hydrogen) atoms. The van der Waals surface area contributed by atoms with Gasteiger partial charge in [0.25, 0.3) is 0 Å². The molecule has 0 atom stereocenters. The van der Waals surface area contributed by atoms with E-state index < -0.39 is 11.7 Å². The Morgan fingerprint density at radius 3 is 2.11 bits per heavy atom. The highest BCUT2D eigenvalue weighted by atomic mass is 35.5. The smallest absolute Gasteiger partial charge is 0.332 e. The van der Waals surface area contributed by atoms with E-state index >= 15 is 0 Å². The monoisotopic (exact) mass is 393 g/mol. The van der Waals surface area contributed by atoms with Crippen molar-refractivity contribution in [3.63, 3.8) is 0 Å². The van der Waals surface area contributed by atoms with Crippen molar-refractivity contribution in [2.75, 3.05) is 6.54 Å². The van der Waals surface area contributed by atoms with Crippen molar-refractivity contribution in [1.82, 2.24) is 14.9 Å². The zero-order valence-electron chi connectivity index (χ0n) is 14.7. The van der Waals surface area contributed by atoms with Crippen molar-refractivity contribution < 1.29 is 13.2 Å². The molecule has 0 aliphatic heterocycles. The first kappa shape index (κ1) is 19.5. The second kappa shape index (κ2) is 8.15. The lowest BCUT2D eigenvalue weighted by atomic mass is 10.0. The predicted octanol–water partition coefficient (Wildman–Crippen LogP) is 5.32. The van der Waals surface area contributed by atoms with Crippen LogP contribution in [0, 0.1) is 6.92 Å². The number of hydrogen-bond donors (Lipinski definition) is 1. The Labute approximate surface area is 160 Å². The van der Waals surface area contributed by atoms with Gasteiger partial charge in [-0.25, -0.2) is 4.98 Å². The molecule has 0 spiro atoms. The fraction of sp³-hybridized carbons (Fsp3) is 0.250. The number of nitrogens with zero attached hydrogens (tertiary/aromatic N) is 2. The number of halogens is 4. The maximum absolute atomic E-state index is 12.6. The Balaban J connectivity index is 1.53. The van der Waals surface area contributed by atoms with E-state index in [9.17, 15) is 13.2 Å². The molecule has 1 aromatic heterocycles. The van der Waals surface area contributed by atoms with Gasteiger partial charge >= 0.3 is 6.18 Å². The third kappa shape index (κ3) is 5.11. The van der Waals surface area contributed by atoms with Crippen LogP contribution in [0.4, 0.5) is 13.2 Å². The van der Waals surface area contributed by atoms with E-state index in [1.54, 1.807) is 6.20 Å². The molecule has 0 aliphatic rings. The quantitative estimate of drug-likeness (QED) is 0.574. The Morgan fingerprint density at radius 1 is 1.00 bits per heavy atom. The fourth-order valence-electron chi connectivity index (χ4n) is 2.79. The maximum Gasteiger partial charge on any atom is 0.416 e. The number of nitrogens with one attached hydrogen (secondary N) is 1. The van der Waals surface area contributed by atoms with Crippen molar-refractivity contribution in [2.24, 2.45) is 0 Å². The van der Waals surface area contributed by atoms with Crippen LogP contribution < -0.4 is 5.32 Å². The lowest BCUT2D eigenvalue weighted by Crippen LogP contribution is -2.19. The zero-order chi connectivity index (χ0) is 19.4.